The molecule has 14 heavy (non-hydrogen) atoms. The van der Waals surface area contributed by atoms with Crippen LogP contribution in [0.5, 0.6) is 0 Å². The highest BCUT2D eigenvalue weighted by Crippen LogP contribution is 1.89. The van der Waals surface area contributed by atoms with Crippen molar-refractivity contribution in [1.29, 1.82) is 0 Å². The Balaban J connectivity index is 3.32. The van der Waals surface area contributed by atoms with Crippen LogP contribution in [0.1, 0.15) is 26.7 Å². The predicted octanol–water partition coefficient (Wildman–Crippen LogP) is 0.0349. The van der Waals surface area contributed by atoms with Gasteiger partial charge < -0.3 is 10.1 Å². The highest BCUT2D eigenvalue weighted by atomic mass is 16.5. The number of esters is 1. The molecule has 5 heteroatoms. The summed E-state index contributed by atoms with van der Waals surface area (Å²) in [7, 11) is 0. The topological polar surface area (TPSA) is 72.5 Å². The summed E-state index contributed by atoms with van der Waals surface area (Å²) in [5.41, 5.74) is 0. The van der Waals surface area contributed by atoms with Gasteiger partial charge in [-0.05, 0) is 13.3 Å². The summed E-state index contributed by atoms with van der Waals surface area (Å²) in [5.74, 6) is -0.836. The van der Waals surface area contributed by atoms with Crippen LogP contribution in [0.3, 0.4) is 0 Å². The fourth-order valence-electron chi connectivity index (χ4n) is 0.777. The molecular formula is C9H15NO4. The molecule has 0 spiro atoms. The van der Waals surface area contributed by atoms with Crippen LogP contribution in [-0.4, -0.2) is 30.8 Å². The Bertz CT molecular complexity index is 225. The van der Waals surface area contributed by atoms with Crippen LogP contribution < -0.4 is 5.32 Å². The van der Waals surface area contributed by atoms with Crippen LogP contribution in [-0.2, 0) is 19.1 Å². The number of carbonyl (C=O) groups excluding carboxylic acids is 3. The Hall–Kier alpha value is -1.39. The first-order chi connectivity index (χ1) is 6.52. The second kappa shape index (κ2) is 7.06. The van der Waals surface area contributed by atoms with Gasteiger partial charge in [-0.15, -0.1) is 0 Å². The van der Waals surface area contributed by atoms with E-state index in [0.717, 1.165) is 0 Å². The summed E-state index contributed by atoms with van der Waals surface area (Å²) in [6.45, 7) is 3.45. The van der Waals surface area contributed by atoms with Gasteiger partial charge in [0.2, 0.25) is 5.91 Å². The summed E-state index contributed by atoms with van der Waals surface area (Å²) in [5, 5.41) is 2.56. The third kappa shape index (κ3) is 8.70. The lowest BCUT2D eigenvalue weighted by Crippen LogP contribution is -2.22. The Kier molecular flexibility index (Phi) is 6.36. The maximum atomic E-state index is 10.8. The molecule has 0 fully saturated rings. The first kappa shape index (κ1) is 12.6. The molecule has 0 saturated heterocycles. The number of hydrogen-bond donors (Lipinski definition) is 1. The van der Waals surface area contributed by atoms with Crippen LogP contribution in [0.15, 0.2) is 0 Å². The van der Waals surface area contributed by atoms with Crippen LogP contribution in [0.4, 0.5) is 0 Å². The Morgan fingerprint density at radius 1 is 1.21 bits per heavy atom. The highest BCUT2D eigenvalue weighted by Gasteiger charge is 2.05. The molecule has 1 N–H and O–H groups in total. The summed E-state index contributed by atoms with van der Waals surface area (Å²) in [4.78, 5) is 31.7. The number of nitrogens with one attached hydrogen (secondary N) is 1. The largest absolute Gasteiger partial charge is 0.465 e. The smallest absolute Gasteiger partial charge is 0.313 e. The number of Topliss-reactive ketones (excluding diaryl/α,β-unsaturated/α-hetero) is 1. The quantitative estimate of drug-likeness (QED) is 0.374. The zero-order chi connectivity index (χ0) is 11.0. The van der Waals surface area contributed by atoms with E-state index < -0.39 is 5.97 Å². The van der Waals surface area contributed by atoms with E-state index in [2.05, 4.69) is 5.32 Å². The minimum Gasteiger partial charge on any atom is -0.465 e. The number of ether oxygens (including phenoxy) is 1. The van der Waals surface area contributed by atoms with Gasteiger partial charge in [-0.2, -0.15) is 0 Å². The van der Waals surface area contributed by atoms with E-state index in [4.69, 9.17) is 4.74 Å². The standard InChI is InChI=1S/C9H15NO4/c1-7(11)6-9(13)14-5-3-4-10-8(2)12/h3-6H2,1-2H3,(H,10,12). The maximum Gasteiger partial charge on any atom is 0.313 e. The molecule has 0 radical (unpaired) electrons. The molecule has 0 bridgehead atoms. The summed E-state index contributed by atoms with van der Waals surface area (Å²) in [6.07, 6.45) is 0.378. The van der Waals surface area contributed by atoms with Crippen molar-refractivity contribution in [2.75, 3.05) is 13.2 Å². The van der Waals surface area contributed by atoms with Crippen molar-refractivity contribution in [3.8, 4) is 0 Å². The second-order valence-electron chi connectivity index (χ2n) is 2.94. The molecule has 0 rings (SSSR count). The van der Waals surface area contributed by atoms with E-state index in [1.165, 1.54) is 13.8 Å². The van der Waals surface area contributed by atoms with Crippen molar-refractivity contribution < 1.29 is 19.1 Å². The average Bonchev–Trinajstić information content (AvgIpc) is 2.01. The molecule has 0 aromatic heterocycles. The fourth-order valence-corrected chi connectivity index (χ4v) is 0.777. The molecule has 0 aliphatic heterocycles. The molecule has 5 nitrogen and oxygen atoms in total. The fraction of sp³-hybridized carbons (Fsp3) is 0.667. The average molecular weight is 201 g/mol. The van der Waals surface area contributed by atoms with Crippen LogP contribution in [0, 0.1) is 0 Å². The van der Waals surface area contributed by atoms with Crippen LogP contribution in [0.25, 0.3) is 0 Å². The normalized spacial score (nSPS) is 9.29. The van der Waals surface area contributed by atoms with Crippen molar-refractivity contribution in [1.82, 2.24) is 5.32 Å². The van der Waals surface area contributed by atoms with Crippen molar-refractivity contribution in [2.24, 2.45) is 0 Å². The van der Waals surface area contributed by atoms with E-state index in [1.807, 2.05) is 0 Å². The van der Waals surface area contributed by atoms with Crippen molar-refractivity contribution in [2.45, 2.75) is 26.7 Å². The van der Waals surface area contributed by atoms with Gasteiger partial charge in [0.25, 0.3) is 0 Å². The number of hydrogen-bond acceptors (Lipinski definition) is 4. The van der Waals surface area contributed by atoms with Gasteiger partial charge in [-0.25, -0.2) is 0 Å². The molecule has 80 valence electrons. The lowest BCUT2D eigenvalue weighted by atomic mass is 10.3. The van der Waals surface area contributed by atoms with Gasteiger partial charge in [0.15, 0.2) is 0 Å². The SMILES string of the molecule is CC(=O)CC(=O)OCCCNC(C)=O. The Morgan fingerprint density at radius 2 is 1.86 bits per heavy atom. The molecule has 0 saturated carbocycles. The zero-order valence-electron chi connectivity index (χ0n) is 8.46. The molecule has 0 atom stereocenters. The highest BCUT2D eigenvalue weighted by molar-refractivity contribution is 5.94. The monoisotopic (exact) mass is 201 g/mol. The van der Waals surface area contributed by atoms with E-state index in [1.54, 1.807) is 0 Å². The van der Waals surface area contributed by atoms with Gasteiger partial charge in [0, 0.05) is 13.5 Å². The minimum absolute atomic E-state index is 0.111. The Morgan fingerprint density at radius 3 is 2.36 bits per heavy atom. The van der Waals surface area contributed by atoms with Gasteiger partial charge >= 0.3 is 5.97 Å². The maximum absolute atomic E-state index is 10.8. The van der Waals surface area contributed by atoms with Crippen molar-refractivity contribution in [3.63, 3.8) is 0 Å². The van der Waals surface area contributed by atoms with Crippen LogP contribution >= 0.6 is 0 Å². The van der Waals surface area contributed by atoms with Gasteiger partial charge in [0.05, 0.1) is 6.61 Å². The van der Waals surface area contributed by atoms with E-state index in [9.17, 15) is 14.4 Å². The minimum atomic E-state index is -0.514. The molecule has 1 amide bonds. The van der Waals surface area contributed by atoms with Gasteiger partial charge in [-0.1, -0.05) is 0 Å². The molecule has 0 aliphatic carbocycles. The molecule has 0 aromatic rings. The first-order valence-electron chi connectivity index (χ1n) is 4.42. The van der Waals surface area contributed by atoms with Crippen molar-refractivity contribution in [3.05, 3.63) is 0 Å². The second-order valence-corrected chi connectivity index (χ2v) is 2.94. The van der Waals surface area contributed by atoms with Crippen molar-refractivity contribution >= 4 is 17.7 Å². The number of rotatable bonds is 6. The van der Waals surface area contributed by atoms with Crippen LogP contribution in [0.2, 0.25) is 0 Å². The predicted molar refractivity (Wildman–Crippen MR) is 49.6 cm³/mol. The number of amides is 1. The molecule has 0 aliphatic rings. The number of ketones is 1. The molecular weight excluding hydrogens is 186 g/mol. The Labute approximate surface area is 82.8 Å². The zero-order valence-corrected chi connectivity index (χ0v) is 8.46. The summed E-state index contributed by atoms with van der Waals surface area (Å²) in [6, 6.07) is 0. The summed E-state index contributed by atoms with van der Waals surface area (Å²) >= 11 is 0. The third-order valence-corrected chi connectivity index (χ3v) is 1.35. The number of carbonyl (C=O) groups is 3. The lowest BCUT2D eigenvalue weighted by molar-refractivity contribution is -0.145. The van der Waals surface area contributed by atoms with E-state index in [-0.39, 0.29) is 24.7 Å². The van der Waals surface area contributed by atoms with E-state index >= 15 is 0 Å². The summed E-state index contributed by atoms with van der Waals surface area (Å²) < 4.78 is 4.72. The lowest BCUT2D eigenvalue weighted by Gasteiger charge is -2.03. The molecule has 0 unspecified atom stereocenters. The third-order valence-electron chi connectivity index (χ3n) is 1.35. The van der Waals surface area contributed by atoms with E-state index in [0.29, 0.717) is 13.0 Å². The molecule has 0 aromatic carbocycles. The van der Waals surface area contributed by atoms with Gasteiger partial charge in [-0.3, -0.25) is 14.4 Å². The first-order valence-corrected chi connectivity index (χ1v) is 4.42. The molecule has 0 heterocycles. The van der Waals surface area contributed by atoms with Gasteiger partial charge in [0.1, 0.15) is 12.2 Å².